The van der Waals surface area contributed by atoms with Gasteiger partial charge in [0.15, 0.2) is 5.79 Å². The molecule has 9 nitrogen and oxygen atoms in total. The molecule has 4 rings (SSSR count). The molecular formula is C17H28N2O7S. The summed E-state index contributed by atoms with van der Waals surface area (Å²) in [4.78, 5) is 25.7. The molecule has 10 heteroatoms. The van der Waals surface area contributed by atoms with Crippen molar-refractivity contribution in [1.82, 2.24) is 10.6 Å². The molecule has 0 aromatic heterocycles. The van der Waals surface area contributed by atoms with Gasteiger partial charge in [0.25, 0.3) is 17.5 Å². The lowest BCUT2D eigenvalue weighted by Gasteiger charge is -2.51. The summed E-state index contributed by atoms with van der Waals surface area (Å²) in [7, 11) is 0. The Morgan fingerprint density at radius 1 is 1.22 bits per heavy atom. The summed E-state index contributed by atoms with van der Waals surface area (Å²) in [6, 6.07) is 0. The van der Waals surface area contributed by atoms with E-state index in [0.717, 1.165) is 5.75 Å². The normalized spacial score (nSPS) is 42.2. The van der Waals surface area contributed by atoms with Gasteiger partial charge >= 0.3 is 0 Å². The third-order valence-corrected chi connectivity index (χ3v) is 6.39. The van der Waals surface area contributed by atoms with Crippen LogP contribution in [0.4, 0.5) is 0 Å². The van der Waals surface area contributed by atoms with Gasteiger partial charge in [0.2, 0.25) is 5.72 Å². The average molecular weight is 404 g/mol. The SMILES string of the molecule is CCSCC1CCO[C@]2([C@@H](O)[C@@]3(C)COC(C)(C)O3)NC(=O)[C@@]1(O)NC2=O. The van der Waals surface area contributed by atoms with Crippen molar-refractivity contribution < 1.29 is 34.0 Å². The van der Waals surface area contributed by atoms with Crippen LogP contribution in [-0.2, 0) is 23.8 Å². The van der Waals surface area contributed by atoms with E-state index in [9.17, 15) is 19.8 Å². The van der Waals surface area contributed by atoms with E-state index < -0.39 is 46.7 Å². The van der Waals surface area contributed by atoms with Crippen molar-refractivity contribution in [2.24, 2.45) is 5.92 Å². The monoisotopic (exact) mass is 404 g/mol. The Hall–Kier alpha value is -0.910. The lowest BCUT2D eigenvalue weighted by molar-refractivity contribution is -0.247. The fourth-order valence-electron chi connectivity index (χ4n) is 3.84. The fourth-order valence-corrected chi connectivity index (χ4v) is 4.77. The first-order valence-electron chi connectivity index (χ1n) is 9.10. The molecule has 0 aromatic carbocycles. The topological polar surface area (TPSA) is 126 Å². The Labute approximate surface area is 162 Å². The number of amides is 2. The van der Waals surface area contributed by atoms with Crippen LogP contribution in [0.1, 0.15) is 34.1 Å². The highest BCUT2D eigenvalue weighted by atomic mass is 32.2. The van der Waals surface area contributed by atoms with Crippen LogP contribution < -0.4 is 10.6 Å². The first-order chi connectivity index (χ1) is 12.5. The van der Waals surface area contributed by atoms with Crippen molar-refractivity contribution in [3.63, 3.8) is 0 Å². The molecule has 27 heavy (non-hydrogen) atoms. The lowest BCUT2D eigenvalue weighted by atomic mass is 9.83. The van der Waals surface area contributed by atoms with Crippen LogP contribution in [0.5, 0.6) is 0 Å². The highest BCUT2D eigenvalue weighted by Crippen LogP contribution is 2.40. The summed E-state index contributed by atoms with van der Waals surface area (Å²) in [5.74, 6) is -1.77. The third-order valence-electron chi connectivity index (χ3n) is 5.35. The highest BCUT2D eigenvalue weighted by Gasteiger charge is 2.66. The van der Waals surface area contributed by atoms with E-state index in [2.05, 4.69) is 10.6 Å². The number of rotatable bonds is 5. The molecule has 0 saturated carbocycles. The van der Waals surface area contributed by atoms with Gasteiger partial charge in [-0.25, -0.2) is 0 Å². The number of fused-ring (bicyclic) bond motifs is 5. The predicted octanol–water partition coefficient (Wildman–Crippen LogP) is -0.691. The zero-order valence-corrected chi connectivity index (χ0v) is 16.9. The summed E-state index contributed by atoms with van der Waals surface area (Å²) in [5.41, 5.74) is -5.40. The first kappa shape index (κ1) is 20.8. The number of carbonyl (C=O) groups is 2. The maximum atomic E-state index is 12.9. The third kappa shape index (κ3) is 3.36. The predicted molar refractivity (Wildman–Crippen MR) is 96.6 cm³/mol. The van der Waals surface area contributed by atoms with E-state index in [-0.39, 0.29) is 13.2 Å². The summed E-state index contributed by atoms with van der Waals surface area (Å²) < 4.78 is 17.1. The number of hydrogen-bond donors (Lipinski definition) is 4. The van der Waals surface area contributed by atoms with E-state index in [1.54, 1.807) is 32.5 Å². The average Bonchev–Trinajstić information content (AvgIpc) is 2.87. The highest BCUT2D eigenvalue weighted by molar-refractivity contribution is 7.99. The number of ether oxygens (including phenoxy) is 3. The van der Waals surface area contributed by atoms with Crippen molar-refractivity contribution in [3.05, 3.63) is 0 Å². The van der Waals surface area contributed by atoms with Crippen molar-refractivity contribution >= 4 is 23.6 Å². The fraction of sp³-hybridized carbons (Fsp3) is 0.882. The molecule has 154 valence electrons. The quantitative estimate of drug-likeness (QED) is 0.474. The molecule has 5 atom stereocenters. The second kappa shape index (κ2) is 6.85. The molecular weight excluding hydrogens is 376 g/mol. The van der Waals surface area contributed by atoms with E-state index in [1.807, 2.05) is 6.92 Å². The Bertz CT molecular complexity index is 632. The molecule has 4 aliphatic rings. The van der Waals surface area contributed by atoms with Gasteiger partial charge in [-0.05, 0) is 32.9 Å². The van der Waals surface area contributed by atoms with Gasteiger partial charge in [-0.1, -0.05) is 6.92 Å². The zero-order valence-electron chi connectivity index (χ0n) is 16.0. The van der Waals surface area contributed by atoms with E-state index in [1.165, 1.54) is 0 Å². The summed E-state index contributed by atoms with van der Waals surface area (Å²) in [5, 5.41) is 26.8. The van der Waals surface area contributed by atoms with Gasteiger partial charge in [-0.3, -0.25) is 9.59 Å². The standard InChI is InChI=1S/C17H28N2O7S/c1-5-27-8-10-6-7-24-17(13(22)18-16(10,23)12(21)19-17)11(20)15(4)9-25-14(2,3)26-15/h10-11,20,23H,5-9H2,1-4H3,(H,18,22)(H,19,21)/t10?,11-,15+,16+,17-/m0/s1. The molecule has 2 bridgehead atoms. The molecule has 0 radical (unpaired) electrons. The molecule has 2 amide bonds. The molecule has 0 spiro atoms. The van der Waals surface area contributed by atoms with Gasteiger partial charge in [0.1, 0.15) is 11.7 Å². The molecule has 4 saturated heterocycles. The molecule has 1 unspecified atom stereocenters. The number of carbonyl (C=O) groups excluding carboxylic acids is 2. The maximum Gasteiger partial charge on any atom is 0.278 e. The van der Waals surface area contributed by atoms with Crippen LogP contribution in [0, 0.1) is 5.92 Å². The Balaban J connectivity index is 1.90. The minimum atomic E-state index is -2.06. The van der Waals surface area contributed by atoms with Gasteiger partial charge in [0.05, 0.1) is 13.2 Å². The van der Waals surface area contributed by atoms with Crippen molar-refractivity contribution in [2.45, 2.75) is 63.1 Å². The molecule has 4 aliphatic heterocycles. The van der Waals surface area contributed by atoms with Crippen LogP contribution in [0.15, 0.2) is 0 Å². The van der Waals surface area contributed by atoms with Gasteiger partial charge in [-0.2, -0.15) is 11.8 Å². The number of nitrogens with one attached hydrogen (secondary N) is 2. The van der Waals surface area contributed by atoms with Crippen molar-refractivity contribution in [2.75, 3.05) is 24.7 Å². The zero-order chi connectivity index (χ0) is 20.1. The number of hydrogen-bond acceptors (Lipinski definition) is 8. The van der Waals surface area contributed by atoms with Crippen LogP contribution in [0.25, 0.3) is 0 Å². The minimum absolute atomic E-state index is 0.00938. The molecule has 4 N–H and O–H groups in total. The summed E-state index contributed by atoms with van der Waals surface area (Å²) >= 11 is 1.56. The summed E-state index contributed by atoms with van der Waals surface area (Å²) in [6.07, 6.45) is -1.20. The minimum Gasteiger partial charge on any atom is -0.384 e. The second-order valence-electron chi connectivity index (χ2n) is 7.91. The van der Waals surface area contributed by atoms with Crippen LogP contribution in [-0.4, -0.2) is 75.7 Å². The van der Waals surface area contributed by atoms with Gasteiger partial charge < -0.3 is 35.1 Å². The number of thioether (sulfide) groups is 1. The van der Waals surface area contributed by atoms with Crippen LogP contribution >= 0.6 is 11.8 Å². The van der Waals surface area contributed by atoms with Crippen molar-refractivity contribution in [3.8, 4) is 0 Å². The van der Waals surface area contributed by atoms with E-state index >= 15 is 0 Å². The van der Waals surface area contributed by atoms with E-state index in [4.69, 9.17) is 14.2 Å². The lowest BCUT2D eigenvalue weighted by Crippen LogP contribution is -2.83. The number of aliphatic hydroxyl groups is 2. The molecule has 4 heterocycles. The second-order valence-corrected chi connectivity index (χ2v) is 9.23. The number of piperazine rings is 1. The number of aliphatic hydroxyl groups excluding tert-OH is 1. The van der Waals surface area contributed by atoms with Gasteiger partial charge in [0, 0.05) is 11.7 Å². The maximum absolute atomic E-state index is 12.9. The Kier molecular flexibility index (Phi) is 5.28. The van der Waals surface area contributed by atoms with Crippen LogP contribution in [0.3, 0.4) is 0 Å². The molecule has 0 aliphatic carbocycles. The Morgan fingerprint density at radius 2 is 1.93 bits per heavy atom. The smallest absolute Gasteiger partial charge is 0.278 e. The molecule has 4 fully saturated rings. The van der Waals surface area contributed by atoms with E-state index in [0.29, 0.717) is 12.2 Å². The largest absolute Gasteiger partial charge is 0.384 e. The summed E-state index contributed by atoms with van der Waals surface area (Å²) in [6.45, 7) is 7.04. The van der Waals surface area contributed by atoms with Crippen molar-refractivity contribution in [1.29, 1.82) is 0 Å². The Morgan fingerprint density at radius 3 is 2.52 bits per heavy atom. The molecule has 0 aromatic rings. The first-order valence-corrected chi connectivity index (χ1v) is 10.3. The van der Waals surface area contributed by atoms with Gasteiger partial charge in [-0.15, -0.1) is 0 Å². The van der Waals surface area contributed by atoms with Crippen LogP contribution in [0.2, 0.25) is 0 Å².